The van der Waals surface area contributed by atoms with Crippen molar-refractivity contribution >= 4 is 10.0 Å². The Bertz CT molecular complexity index is 447. The number of nitriles is 1. The fraction of sp³-hybridized carbons (Fsp3) is 0.143. The quantitative estimate of drug-likeness (QED) is 0.715. The summed E-state index contributed by atoms with van der Waals surface area (Å²) in [7, 11) is -2.36. The Morgan fingerprint density at radius 3 is 2.85 bits per heavy atom. The van der Waals surface area contributed by atoms with Gasteiger partial charge < -0.3 is 0 Å². The summed E-state index contributed by atoms with van der Waals surface area (Å²) in [6, 6.07) is 4.66. The minimum Gasteiger partial charge on any atom is -0.242 e. The molecule has 5 nitrogen and oxygen atoms in total. The predicted molar refractivity (Wildman–Crippen MR) is 45.2 cm³/mol. The van der Waals surface area contributed by atoms with E-state index in [1.54, 1.807) is 6.07 Å². The molecule has 1 aromatic heterocycles. The van der Waals surface area contributed by atoms with Crippen LogP contribution in [0.1, 0.15) is 5.56 Å². The van der Waals surface area contributed by atoms with Crippen LogP contribution >= 0.6 is 0 Å². The minimum atomic E-state index is -3.62. The largest absolute Gasteiger partial charge is 0.259 e. The summed E-state index contributed by atoms with van der Waals surface area (Å²) >= 11 is 0. The van der Waals surface area contributed by atoms with Crippen LogP contribution in [0.15, 0.2) is 23.4 Å². The Labute approximate surface area is 76.1 Å². The van der Waals surface area contributed by atoms with Gasteiger partial charge in [0, 0.05) is 6.20 Å². The molecule has 0 spiro atoms. The molecule has 1 aromatic rings. The van der Waals surface area contributed by atoms with Gasteiger partial charge in [0.1, 0.15) is 6.07 Å². The molecule has 0 aliphatic heterocycles. The number of aromatic nitrogens is 1. The van der Waals surface area contributed by atoms with Gasteiger partial charge in [0.2, 0.25) is 0 Å². The molecular formula is C7H7N3O2S. The van der Waals surface area contributed by atoms with Crippen LogP contribution in [0.4, 0.5) is 0 Å². The Kier molecular flexibility index (Phi) is 2.60. The maximum Gasteiger partial charge on any atom is 0.259 e. The lowest BCUT2D eigenvalue weighted by atomic mass is 10.3. The third-order valence-electron chi connectivity index (χ3n) is 1.41. The van der Waals surface area contributed by atoms with Crippen LogP contribution in [0.3, 0.4) is 0 Å². The van der Waals surface area contributed by atoms with Gasteiger partial charge >= 0.3 is 0 Å². The van der Waals surface area contributed by atoms with E-state index in [9.17, 15) is 8.42 Å². The average molecular weight is 197 g/mol. The zero-order chi connectivity index (χ0) is 9.90. The third-order valence-corrected chi connectivity index (χ3v) is 2.79. The van der Waals surface area contributed by atoms with Crippen LogP contribution in [-0.2, 0) is 10.0 Å². The van der Waals surface area contributed by atoms with Crippen LogP contribution in [0, 0.1) is 11.3 Å². The summed E-state index contributed by atoms with van der Waals surface area (Å²) in [5.41, 5.74) is 0.0388. The molecule has 0 fully saturated rings. The summed E-state index contributed by atoms with van der Waals surface area (Å²) in [5, 5.41) is 8.36. The average Bonchev–Trinajstić information content (AvgIpc) is 2.18. The fourth-order valence-electron chi connectivity index (χ4n) is 0.787. The molecule has 1 rings (SSSR count). The van der Waals surface area contributed by atoms with Crippen molar-refractivity contribution in [2.24, 2.45) is 0 Å². The van der Waals surface area contributed by atoms with Gasteiger partial charge in [-0.05, 0) is 19.2 Å². The summed E-state index contributed by atoms with van der Waals surface area (Å²) in [4.78, 5) is 3.62. The standard InChI is InChI=1S/C7H7N3O2S/c1-9-13(11,12)7-6(5-8)3-2-4-10-7/h2-4,9H,1H3. The van der Waals surface area contributed by atoms with Crippen molar-refractivity contribution in [3.8, 4) is 6.07 Å². The first-order valence-corrected chi connectivity index (χ1v) is 4.89. The first-order valence-electron chi connectivity index (χ1n) is 3.40. The summed E-state index contributed by atoms with van der Waals surface area (Å²) in [5.74, 6) is 0. The Balaban J connectivity index is 3.40. The molecule has 0 amide bonds. The molecule has 0 aromatic carbocycles. The van der Waals surface area contributed by atoms with Crippen LogP contribution in [-0.4, -0.2) is 20.4 Å². The normalized spacial score (nSPS) is 10.8. The van der Waals surface area contributed by atoms with E-state index in [4.69, 9.17) is 5.26 Å². The molecule has 0 aliphatic rings. The van der Waals surface area contributed by atoms with E-state index in [1.807, 2.05) is 0 Å². The second-order valence-corrected chi connectivity index (χ2v) is 3.98. The molecule has 1 heterocycles. The highest BCUT2D eigenvalue weighted by Crippen LogP contribution is 2.09. The van der Waals surface area contributed by atoms with Crippen molar-refractivity contribution in [3.63, 3.8) is 0 Å². The zero-order valence-electron chi connectivity index (χ0n) is 6.85. The number of sulfonamides is 1. The van der Waals surface area contributed by atoms with Crippen molar-refractivity contribution in [2.75, 3.05) is 7.05 Å². The van der Waals surface area contributed by atoms with Gasteiger partial charge in [-0.25, -0.2) is 18.1 Å². The van der Waals surface area contributed by atoms with Gasteiger partial charge in [-0.3, -0.25) is 0 Å². The van der Waals surface area contributed by atoms with Crippen LogP contribution in [0.2, 0.25) is 0 Å². The molecule has 6 heteroatoms. The van der Waals surface area contributed by atoms with Gasteiger partial charge in [0.15, 0.2) is 5.03 Å². The third kappa shape index (κ3) is 1.83. The highest BCUT2D eigenvalue weighted by atomic mass is 32.2. The predicted octanol–water partition coefficient (Wildman–Crippen LogP) is -0.139. The number of hydrogen-bond acceptors (Lipinski definition) is 4. The van der Waals surface area contributed by atoms with E-state index in [-0.39, 0.29) is 10.6 Å². The maximum atomic E-state index is 11.3. The van der Waals surface area contributed by atoms with Gasteiger partial charge in [-0.1, -0.05) is 0 Å². The van der Waals surface area contributed by atoms with Crippen molar-refractivity contribution in [3.05, 3.63) is 23.9 Å². The van der Waals surface area contributed by atoms with E-state index >= 15 is 0 Å². The Hall–Kier alpha value is -1.45. The van der Waals surface area contributed by atoms with Gasteiger partial charge in [-0.2, -0.15) is 5.26 Å². The fourth-order valence-corrected chi connectivity index (χ4v) is 1.58. The first kappa shape index (κ1) is 9.64. The number of nitrogens with one attached hydrogen (secondary N) is 1. The topological polar surface area (TPSA) is 82.8 Å². The number of pyridine rings is 1. The van der Waals surface area contributed by atoms with E-state index < -0.39 is 10.0 Å². The minimum absolute atomic E-state index is 0.0388. The molecule has 1 N–H and O–H groups in total. The molecule has 0 bridgehead atoms. The van der Waals surface area contributed by atoms with E-state index in [0.29, 0.717) is 0 Å². The van der Waals surface area contributed by atoms with Crippen molar-refractivity contribution in [1.29, 1.82) is 5.26 Å². The van der Waals surface area contributed by atoms with Crippen molar-refractivity contribution in [1.82, 2.24) is 9.71 Å². The van der Waals surface area contributed by atoms with Gasteiger partial charge in [0.05, 0.1) is 5.56 Å². The molecule has 0 saturated carbocycles. The van der Waals surface area contributed by atoms with Gasteiger partial charge in [-0.15, -0.1) is 0 Å². The second kappa shape index (κ2) is 3.51. The molecule has 0 aliphatic carbocycles. The summed E-state index contributed by atoms with van der Waals surface area (Å²) in [6.07, 6.45) is 1.32. The van der Waals surface area contributed by atoms with E-state index in [2.05, 4.69) is 9.71 Å². The smallest absolute Gasteiger partial charge is 0.242 e. The molecule has 0 saturated heterocycles. The first-order chi connectivity index (χ1) is 6.11. The van der Waals surface area contributed by atoms with E-state index in [1.165, 1.54) is 25.4 Å². The summed E-state index contributed by atoms with van der Waals surface area (Å²) in [6.45, 7) is 0. The monoisotopic (exact) mass is 197 g/mol. The van der Waals surface area contributed by atoms with Crippen molar-refractivity contribution < 1.29 is 8.42 Å². The Morgan fingerprint density at radius 1 is 1.62 bits per heavy atom. The van der Waals surface area contributed by atoms with Crippen LogP contribution < -0.4 is 4.72 Å². The molecule has 13 heavy (non-hydrogen) atoms. The van der Waals surface area contributed by atoms with Gasteiger partial charge in [0.25, 0.3) is 10.0 Å². The number of rotatable bonds is 2. The maximum absolute atomic E-state index is 11.3. The molecule has 0 unspecified atom stereocenters. The SMILES string of the molecule is CNS(=O)(=O)c1ncccc1C#N. The lowest BCUT2D eigenvalue weighted by Gasteiger charge is -2.01. The number of hydrogen-bond donors (Lipinski definition) is 1. The Morgan fingerprint density at radius 2 is 2.31 bits per heavy atom. The van der Waals surface area contributed by atoms with Crippen LogP contribution in [0.25, 0.3) is 0 Å². The highest BCUT2D eigenvalue weighted by Gasteiger charge is 2.17. The molecule has 68 valence electrons. The van der Waals surface area contributed by atoms with Crippen LogP contribution in [0.5, 0.6) is 0 Å². The van der Waals surface area contributed by atoms with Crippen molar-refractivity contribution in [2.45, 2.75) is 5.03 Å². The lowest BCUT2D eigenvalue weighted by molar-refractivity contribution is 0.584. The molecule has 0 radical (unpaired) electrons. The van der Waals surface area contributed by atoms with E-state index in [0.717, 1.165) is 0 Å². The number of nitrogens with zero attached hydrogens (tertiary/aromatic N) is 2. The summed E-state index contributed by atoms with van der Waals surface area (Å²) < 4.78 is 24.6. The molecular weight excluding hydrogens is 190 g/mol. The molecule has 0 atom stereocenters. The zero-order valence-corrected chi connectivity index (χ0v) is 7.67. The highest BCUT2D eigenvalue weighted by molar-refractivity contribution is 7.89. The second-order valence-electron chi connectivity index (χ2n) is 2.18. The lowest BCUT2D eigenvalue weighted by Crippen LogP contribution is -2.20.